The molecule has 0 unspecified atom stereocenters. The third kappa shape index (κ3) is 5.45. The molecule has 2 atom stereocenters. The summed E-state index contributed by atoms with van der Waals surface area (Å²) in [6, 6.07) is 6.31. The van der Waals surface area contributed by atoms with Crippen molar-refractivity contribution in [2.45, 2.75) is 30.6 Å². The number of aliphatic carboxylic acids is 1. The lowest BCUT2D eigenvalue weighted by Crippen LogP contribution is -2.33. The van der Waals surface area contributed by atoms with Crippen molar-refractivity contribution >= 4 is 21.7 Å². The Hall–Kier alpha value is -2.09. The molecule has 1 aliphatic carbocycles. The fraction of sp³-hybridized carbons (Fsp3) is 0.556. The number of carboxylic acid groups (broad SMARTS) is 1. The first-order chi connectivity index (χ1) is 12.2. The van der Waals surface area contributed by atoms with Crippen LogP contribution in [0.3, 0.4) is 0 Å². The Morgan fingerprint density at radius 1 is 1.27 bits per heavy atom. The number of carbonyl (C=O) groups excluding carboxylic acids is 1. The van der Waals surface area contributed by atoms with Crippen LogP contribution in [0.25, 0.3) is 0 Å². The van der Waals surface area contributed by atoms with Gasteiger partial charge in [-0.05, 0) is 43.9 Å². The number of amides is 1. The average Bonchev–Trinajstić information content (AvgIpc) is 3.07. The third-order valence-electron chi connectivity index (χ3n) is 4.65. The van der Waals surface area contributed by atoms with E-state index in [4.69, 9.17) is 9.84 Å². The van der Waals surface area contributed by atoms with E-state index >= 15 is 0 Å². The summed E-state index contributed by atoms with van der Waals surface area (Å²) >= 11 is 0. The van der Waals surface area contributed by atoms with Crippen molar-refractivity contribution in [3.05, 3.63) is 24.3 Å². The smallest absolute Gasteiger partial charge is 0.306 e. The average molecular weight is 383 g/mol. The molecule has 7 nitrogen and oxygen atoms in total. The minimum absolute atomic E-state index is 0.0205. The Kier molecular flexibility index (Phi) is 6.63. The van der Waals surface area contributed by atoms with Crippen LogP contribution >= 0.6 is 0 Å². The van der Waals surface area contributed by atoms with E-state index in [0.717, 1.165) is 6.26 Å². The molecule has 0 saturated heterocycles. The summed E-state index contributed by atoms with van der Waals surface area (Å²) in [5, 5.41) is 9.02. The normalized spacial score (nSPS) is 19.9. The second-order valence-corrected chi connectivity index (χ2v) is 8.77. The Balaban J connectivity index is 1.76. The van der Waals surface area contributed by atoms with E-state index in [1.165, 1.54) is 12.1 Å². The second kappa shape index (κ2) is 8.53. The SMILES string of the molecule is CN(CCCOc1cccc(S(C)(=O)=O)c1)C(=O)[C@@H]1CC[C@H](C(=O)O)C1. The molecule has 1 saturated carbocycles. The summed E-state index contributed by atoms with van der Waals surface area (Å²) in [6.07, 6.45) is 3.33. The number of hydrogen-bond donors (Lipinski definition) is 1. The van der Waals surface area contributed by atoms with Crippen LogP contribution in [-0.4, -0.2) is 56.8 Å². The van der Waals surface area contributed by atoms with Gasteiger partial charge in [-0.1, -0.05) is 6.07 Å². The molecular weight excluding hydrogens is 358 g/mol. The summed E-state index contributed by atoms with van der Waals surface area (Å²) in [6.45, 7) is 0.853. The minimum Gasteiger partial charge on any atom is -0.493 e. The molecule has 0 spiro atoms. The van der Waals surface area contributed by atoms with Gasteiger partial charge in [0.2, 0.25) is 5.91 Å². The molecule has 0 heterocycles. The number of ether oxygens (including phenoxy) is 1. The molecule has 1 aromatic carbocycles. The van der Waals surface area contributed by atoms with Crippen LogP contribution < -0.4 is 4.74 Å². The first-order valence-electron chi connectivity index (χ1n) is 8.59. The molecule has 2 rings (SSSR count). The number of sulfone groups is 1. The van der Waals surface area contributed by atoms with Crippen molar-refractivity contribution in [3.63, 3.8) is 0 Å². The minimum atomic E-state index is -3.28. The third-order valence-corrected chi connectivity index (χ3v) is 5.76. The Bertz CT molecular complexity index is 761. The molecule has 8 heteroatoms. The summed E-state index contributed by atoms with van der Waals surface area (Å²) in [5.74, 6) is -1.00. The van der Waals surface area contributed by atoms with Gasteiger partial charge in [0, 0.05) is 25.8 Å². The predicted octanol–water partition coefficient (Wildman–Crippen LogP) is 1.82. The predicted molar refractivity (Wildman–Crippen MR) is 95.8 cm³/mol. The van der Waals surface area contributed by atoms with Crippen LogP contribution in [0.4, 0.5) is 0 Å². The number of rotatable bonds is 8. The molecule has 1 amide bonds. The fourth-order valence-electron chi connectivity index (χ4n) is 3.14. The molecule has 26 heavy (non-hydrogen) atoms. The lowest BCUT2D eigenvalue weighted by molar-refractivity contribution is -0.141. The van der Waals surface area contributed by atoms with E-state index in [0.29, 0.717) is 44.6 Å². The molecule has 0 aliphatic heterocycles. The van der Waals surface area contributed by atoms with Crippen LogP contribution in [0.1, 0.15) is 25.7 Å². The molecule has 0 radical (unpaired) electrons. The van der Waals surface area contributed by atoms with Gasteiger partial charge >= 0.3 is 5.97 Å². The standard InChI is InChI=1S/C18H25NO6S/c1-19(17(20)13-7-8-14(11-13)18(21)22)9-4-10-25-15-5-3-6-16(12-15)26(2,23)24/h3,5-6,12-14H,4,7-11H2,1-2H3,(H,21,22)/t13-,14+/m1/s1. The van der Waals surface area contributed by atoms with E-state index < -0.39 is 21.7 Å². The van der Waals surface area contributed by atoms with E-state index in [-0.39, 0.29) is 16.7 Å². The van der Waals surface area contributed by atoms with Crippen molar-refractivity contribution in [2.24, 2.45) is 11.8 Å². The first-order valence-corrected chi connectivity index (χ1v) is 10.5. The number of hydrogen-bond acceptors (Lipinski definition) is 5. The Morgan fingerprint density at radius 2 is 1.96 bits per heavy atom. The highest BCUT2D eigenvalue weighted by molar-refractivity contribution is 7.90. The van der Waals surface area contributed by atoms with Gasteiger partial charge in [0.25, 0.3) is 0 Å². The van der Waals surface area contributed by atoms with E-state index in [1.807, 2.05) is 0 Å². The van der Waals surface area contributed by atoms with Crippen molar-refractivity contribution in [2.75, 3.05) is 26.5 Å². The molecular formula is C18H25NO6S. The molecule has 0 bridgehead atoms. The van der Waals surface area contributed by atoms with Gasteiger partial charge in [0.1, 0.15) is 5.75 Å². The zero-order valence-electron chi connectivity index (χ0n) is 15.1. The molecule has 1 aliphatic rings. The van der Waals surface area contributed by atoms with Gasteiger partial charge in [-0.25, -0.2) is 8.42 Å². The zero-order valence-corrected chi connectivity index (χ0v) is 15.9. The van der Waals surface area contributed by atoms with Gasteiger partial charge in [-0.15, -0.1) is 0 Å². The highest BCUT2D eigenvalue weighted by atomic mass is 32.2. The van der Waals surface area contributed by atoms with E-state index in [1.54, 1.807) is 24.1 Å². The fourth-order valence-corrected chi connectivity index (χ4v) is 3.79. The summed E-state index contributed by atoms with van der Waals surface area (Å²) in [5.41, 5.74) is 0. The summed E-state index contributed by atoms with van der Waals surface area (Å²) in [4.78, 5) is 25.2. The highest BCUT2D eigenvalue weighted by Gasteiger charge is 2.34. The first kappa shape index (κ1) is 20.2. The van der Waals surface area contributed by atoms with Crippen LogP contribution in [0.2, 0.25) is 0 Å². The quantitative estimate of drug-likeness (QED) is 0.687. The van der Waals surface area contributed by atoms with Crippen LogP contribution in [0.5, 0.6) is 5.75 Å². The topological polar surface area (TPSA) is 101 Å². The molecule has 0 aromatic heterocycles. The van der Waals surface area contributed by atoms with Gasteiger partial charge in [0.05, 0.1) is 17.4 Å². The lowest BCUT2D eigenvalue weighted by atomic mass is 10.0. The molecule has 1 N–H and O–H groups in total. The number of carbonyl (C=O) groups is 2. The van der Waals surface area contributed by atoms with E-state index in [9.17, 15) is 18.0 Å². The van der Waals surface area contributed by atoms with Crippen molar-refractivity contribution in [1.29, 1.82) is 0 Å². The molecule has 144 valence electrons. The maximum atomic E-state index is 12.4. The number of benzene rings is 1. The lowest BCUT2D eigenvalue weighted by Gasteiger charge is -2.21. The van der Waals surface area contributed by atoms with Crippen LogP contribution in [0.15, 0.2) is 29.2 Å². The molecule has 1 aromatic rings. The maximum absolute atomic E-state index is 12.4. The van der Waals surface area contributed by atoms with Crippen LogP contribution in [0, 0.1) is 11.8 Å². The largest absolute Gasteiger partial charge is 0.493 e. The molecule has 1 fully saturated rings. The van der Waals surface area contributed by atoms with Crippen molar-refractivity contribution < 1.29 is 27.9 Å². The summed E-state index contributed by atoms with van der Waals surface area (Å²) < 4.78 is 28.6. The zero-order chi connectivity index (χ0) is 19.3. The van der Waals surface area contributed by atoms with Gasteiger partial charge in [-0.2, -0.15) is 0 Å². The van der Waals surface area contributed by atoms with Crippen LogP contribution in [-0.2, 0) is 19.4 Å². The van der Waals surface area contributed by atoms with E-state index in [2.05, 4.69) is 0 Å². The van der Waals surface area contributed by atoms with Gasteiger partial charge in [-0.3, -0.25) is 9.59 Å². The van der Waals surface area contributed by atoms with Gasteiger partial charge < -0.3 is 14.7 Å². The van der Waals surface area contributed by atoms with Crippen molar-refractivity contribution in [3.8, 4) is 5.75 Å². The Morgan fingerprint density at radius 3 is 2.58 bits per heavy atom. The highest BCUT2D eigenvalue weighted by Crippen LogP contribution is 2.32. The monoisotopic (exact) mass is 383 g/mol. The van der Waals surface area contributed by atoms with Crippen molar-refractivity contribution in [1.82, 2.24) is 4.90 Å². The summed E-state index contributed by atoms with van der Waals surface area (Å²) in [7, 11) is -1.57. The maximum Gasteiger partial charge on any atom is 0.306 e. The Labute approximate surface area is 153 Å². The second-order valence-electron chi connectivity index (χ2n) is 6.75. The number of nitrogens with zero attached hydrogens (tertiary/aromatic N) is 1. The number of carboxylic acids is 1. The van der Waals surface area contributed by atoms with Gasteiger partial charge in [0.15, 0.2) is 9.84 Å².